The summed E-state index contributed by atoms with van der Waals surface area (Å²) in [4.78, 5) is 15.7. The Morgan fingerprint density at radius 1 is 1.00 bits per heavy atom. The normalized spacial score (nSPS) is 14.2. The first-order chi connectivity index (χ1) is 13.0. The minimum atomic E-state index is -0.786. The van der Waals surface area contributed by atoms with E-state index in [0.717, 1.165) is 12.1 Å². The molecule has 2 amide bonds. The fraction of sp³-hybridized carbons (Fsp3) is 0.316. The van der Waals surface area contributed by atoms with Crippen LogP contribution in [0.4, 0.5) is 23.7 Å². The van der Waals surface area contributed by atoms with Gasteiger partial charge >= 0.3 is 6.03 Å². The van der Waals surface area contributed by atoms with Crippen molar-refractivity contribution in [1.82, 2.24) is 10.2 Å². The largest absolute Gasteiger partial charge is 0.489 e. The SMILES string of the molecule is O=C(NCCOc1ccc(F)cc1F)N1CCN(c2ccccc2F)CC1. The van der Waals surface area contributed by atoms with Gasteiger partial charge in [0.2, 0.25) is 0 Å². The Bertz CT molecular complexity index is 796. The molecular formula is C19H20F3N3O2. The van der Waals surface area contributed by atoms with Gasteiger partial charge in [-0.1, -0.05) is 12.1 Å². The predicted octanol–water partition coefficient (Wildman–Crippen LogP) is 3.01. The van der Waals surface area contributed by atoms with Gasteiger partial charge in [-0.25, -0.2) is 18.0 Å². The first-order valence-electron chi connectivity index (χ1n) is 8.64. The van der Waals surface area contributed by atoms with Crippen LogP contribution in [0.1, 0.15) is 0 Å². The number of para-hydroxylation sites is 1. The second-order valence-electron chi connectivity index (χ2n) is 6.08. The maximum atomic E-state index is 13.8. The Balaban J connectivity index is 1.40. The number of rotatable bonds is 5. The molecule has 1 saturated heterocycles. The third-order valence-electron chi connectivity index (χ3n) is 4.29. The molecule has 27 heavy (non-hydrogen) atoms. The van der Waals surface area contributed by atoms with E-state index in [-0.39, 0.29) is 30.7 Å². The number of carbonyl (C=O) groups is 1. The molecule has 8 heteroatoms. The summed E-state index contributed by atoms with van der Waals surface area (Å²) in [6, 6.07) is 9.34. The van der Waals surface area contributed by atoms with E-state index in [9.17, 15) is 18.0 Å². The van der Waals surface area contributed by atoms with Crippen LogP contribution in [-0.4, -0.2) is 50.3 Å². The van der Waals surface area contributed by atoms with Crippen LogP contribution in [0.2, 0.25) is 0 Å². The molecule has 0 saturated carbocycles. The Hall–Kier alpha value is -2.90. The molecule has 0 bridgehead atoms. The zero-order chi connectivity index (χ0) is 19.2. The van der Waals surface area contributed by atoms with Crippen LogP contribution in [0.3, 0.4) is 0 Å². The highest BCUT2D eigenvalue weighted by atomic mass is 19.1. The van der Waals surface area contributed by atoms with Crippen LogP contribution < -0.4 is 15.0 Å². The van der Waals surface area contributed by atoms with Gasteiger partial charge in [0.1, 0.15) is 18.2 Å². The van der Waals surface area contributed by atoms with Gasteiger partial charge < -0.3 is 19.9 Å². The van der Waals surface area contributed by atoms with Gasteiger partial charge in [-0.3, -0.25) is 0 Å². The number of urea groups is 1. The average molecular weight is 379 g/mol. The molecule has 0 unspecified atom stereocenters. The molecule has 0 radical (unpaired) electrons. The number of hydrogen-bond acceptors (Lipinski definition) is 3. The van der Waals surface area contributed by atoms with E-state index in [1.807, 2.05) is 4.90 Å². The molecular weight excluding hydrogens is 359 g/mol. The topological polar surface area (TPSA) is 44.8 Å². The van der Waals surface area contributed by atoms with E-state index >= 15 is 0 Å². The second kappa shape index (κ2) is 8.66. The molecule has 0 spiro atoms. The van der Waals surface area contributed by atoms with Crippen LogP contribution in [0.5, 0.6) is 5.75 Å². The van der Waals surface area contributed by atoms with Crippen molar-refractivity contribution in [3.63, 3.8) is 0 Å². The van der Waals surface area contributed by atoms with Crippen LogP contribution in [0.25, 0.3) is 0 Å². The van der Waals surface area contributed by atoms with Crippen LogP contribution >= 0.6 is 0 Å². The van der Waals surface area contributed by atoms with Crippen molar-refractivity contribution >= 4 is 11.7 Å². The maximum Gasteiger partial charge on any atom is 0.317 e. The monoisotopic (exact) mass is 379 g/mol. The molecule has 0 atom stereocenters. The molecule has 2 aromatic carbocycles. The van der Waals surface area contributed by atoms with Gasteiger partial charge in [0.15, 0.2) is 11.6 Å². The minimum Gasteiger partial charge on any atom is -0.489 e. The van der Waals surface area contributed by atoms with Crippen molar-refractivity contribution in [1.29, 1.82) is 0 Å². The summed E-state index contributed by atoms with van der Waals surface area (Å²) in [5.74, 6) is -1.81. The summed E-state index contributed by atoms with van der Waals surface area (Å²) in [5.41, 5.74) is 0.535. The van der Waals surface area contributed by atoms with Crippen molar-refractivity contribution in [2.45, 2.75) is 0 Å². The lowest BCUT2D eigenvalue weighted by atomic mass is 10.2. The molecule has 1 fully saturated rings. The second-order valence-corrected chi connectivity index (χ2v) is 6.08. The van der Waals surface area contributed by atoms with E-state index in [1.54, 1.807) is 23.1 Å². The van der Waals surface area contributed by atoms with E-state index < -0.39 is 11.6 Å². The van der Waals surface area contributed by atoms with Gasteiger partial charge in [-0.2, -0.15) is 0 Å². The first kappa shape index (κ1) is 18.9. The van der Waals surface area contributed by atoms with Crippen LogP contribution in [0, 0.1) is 17.5 Å². The Labute approximate surface area is 155 Å². The smallest absolute Gasteiger partial charge is 0.317 e. The number of halogens is 3. The highest BCUT2D eigenvalue weighted by Crippen LogP contribution is 2.20. The molecule has 0 aromatic heterocycles. The molecule has 0 aliphatic carbocycles. The summed E-state index contributed by atoms with van der Waals surface area (Å²) in [6.45, 7) is 2.24. The van der Waals surface area contributed by atoms with E-state index in [4.69, 9.17) is 4.74 Å². The Kier molecular flexibility index (Phi) is 6.05. The van der Waals surface area contributed by atoms with E-state index in [0.29, 0.717) is 31.9 Å². The van der Waals surface area contributed by atoms with Gasteiger partial charge in [-0.05, 0) is 24.3 Å². The number of amides is 2. The molecule has 144 valence electrons. The number of ether oxygens (including phenoxy) is 1. The summed E-state index contributed by atoms with van der Waals surface area (Å²) in [5, 5.41) is 2.69. The predicted molar refractivity (Wildman–Crippen MR) is 95.4 cm³/mol. The van der Waals surface area contributed by atoms with Crippen LogP contribution in [0.15, 0.2) is 42.5 Å². The lowest BCUT2D eigenvalue weighted by Gasteiger charge is -2.36. The molecule has 5 nitrogen and oxygen atoms in total. The quantitative estimate of drug-likeness (QED) is 0.813. The van der Waals surface area contributed by atoms with Crippen molar-refractivity contribution < 1.29 is 22.7 Å². The molecule has 1 aliphatic rings. The van der Waals surface area contributed by atoms with Crippen molar-refractivity contribution in [2.24, 2.45) is 0 Å². The third kappa shape index (κ3) is 4.84. The van der Waals surface area contributed by atoms with Crippen molar-refractivity contribution in [3.05, 3.63) is 59.9 Å². The van der Waals surface area contributed by atoms with Gasteiger partial charge in [-0.15, -0.1) is 0 Å². The summed E-state index contributed by atoms with van der Waals surface area (Å²) < 4.78 is 45.3. The Morgan fingerprint density at radius 3 is 2.44 bits per heavy atom. The molecule has 2 aromatic rings. The van der Waals surface area contributed by atoms with Gasteiger partial charge in [0.25, 0.3) is 0 Å². The van der Waals surface area contributed by atoms with Crippen LogP contribution in [-0.2, 0) is 0 Å². The Morgan fingerprint density at radius 2 is 1.74 bits per heavy atom. The summed E-state index contributed by atoms with van der Waals surface area (Å²) >= 11 is 0. The number of benzene rings is 2. The average Bonchev–Trinajstić information content (AvgIpc) is 2.67. The van der Waals surface area contributed by atoms with E-state index in [2.05, 4.69) is 5.32 Å². The molecule has 1 heterocycles. The molecule has 1 N–H and O–H groups in total. The standard InChI is InChI=1S/C19H20F3N3O2/c20-14-5-6-18(16(22)13-14)27-12-7-23-19(26)25-10-8-24(9-11-25)17-4-2-1-3-15(17)21/h1-6,13H,7-12H2,(H,23,26). The molecule has 1 aliphatic heterocycles. The highest BCUT2D eigenvalue weighted by molar-refractivity contribution is 5.74. The van der Waals surface area contributed by atoms with Crippen molar-refractivity contribution in [2.75, 3.05) is 44.2 Å². The maximum absolute atomic E-state index is 13.8. The number of anilines is 1. The van der Waals surface area contributed by atoms with Gasteiger partial charge in [0.05, 0.1) is 12.2 Å². The highest BCUT2D eigenvalue weighted by Gasteiger charge is 2.22. The third-order valence-corrected chi connectivity index (χ3v) is 4.29. The number of carbonyl (C=O) groups excluding carboxylic acids is 1. The molecule has 3 rings (SSSR count). The summed E-state index contributed by atoms with van der Waals surface area (Å²) in [7, 11) is 0. The van der Waals surface area contributed by atoms with E-state index in [1.165, 1.54) is 12.1 Å². The number of nitrogens with zero attached hydrogens (tertiary/aromatic N) is 2. The lowest BCUT2D eigenvalue weighted by Crippen LogP contribution is -2.52. The fourth-order valence-corrected chi connectivity index (χ4v) is 2.88. The minimum absolute atomic E-state index is 0.0590. The van der Waals surface area contributed by atoms with Gasteiger partial charge in [0, 0.05) is 32.2 Å². The fourth-order valence-electron chi connectivity index (χ4n) is 2.88. The lowest BCUT2D eigenvalue weighted by molar-refractivity contribution is 0.191. The zero-order valence-electron chi connectivity index (χ0n) is 14.6. The number of nitrogens with one attached hydrogen (secondary N) is 1. The number of piperazine rings is 1. The number of hydrogen-bond donors (Lipinski definition) is 1. The van der Waals surface area contributed by atoms with Crippen molar-refractivity contribution in [3.8, 4) is 5.75 Å². The first-order valence-corrected chi connectivity index (χ1v) is 8.64. The summed E-state index contributed by atoms with van der Waals surface area (Å²) in [6.07, 6.45) is 0. The zero-order valence-corrected chi connectivity index (χ0v) is 14.6.